The second kappa shape index (κ2) is 8.26. The number of ether oxygens (including phenoxy) is 1. The highest BCUT2D eigenvalue weighted by Gasteiger charge is 2.21. The molecule has 0 bridgehead atoms. The molecule has 1 fully saturated rings. The third kappa shape index (κ3) is 5.22. The molecule has 0 saturated heterocycles. The molecule has 1 aliphatic carbocycles. The second-order valence-corrected chi connectivity index (χ2v) is 4.92. The number of methoxy groups -OCH3 is 1. The van der Waals surface area contributed by atoms with Crippen LogP contribution < -0.4 is 10.6 Å². The number of guanidine groups is 1. The molecule has 1 saturated carbocycles. The van der Waals surface area contributed by atoms with Gasteiger partial charge in [-0.2, -0.15) is 0 Å². The number of hydrogen-bond acceptors (Lipinski definition) is 4. The number of rotatable bonds is 5. The molecule has 0 amide bonds. The Hall–Kier alpha value is -1.25. The molecule has 0 aliphatic heterocycles. The Morgan fingerprint density at radius 1 is 1.48 bits per heavy atom. The molecule has 118 valence electrons. The summed E-state index contributed by atoms with van der Waals surface area (Å²) >= 11 is 0. The van der Waals surface area contributed by atoms with E-state index in [0.717, 1.165) is 18.4 Å². The summed E-state index contributed by atoms with van der Waals surface area (Å²) in [5.74, 6) is 2.39. The quantitative estimate of drug-likeness (QED) is 0.338. The summed E-state index contributed by atoms with van der Waals surface area (Å²) in [5, 5.41) is 6.42. The van der Waals surface area contributed by atoms with Gasteiger partial charge in [0.1, 0.15) is 17.1 Å². The largest absolute Gasteiger partial charge is 0.465 e. The molecule has 1 heterocycles. The molecule has 0 radical (unpaired) electrons. The standard InChI is InChI=1S/C14H21N3O3.HI/c1-9-12(13(18)19-3)6-11(20-9)8-17-14(15-2)16-7-10-4-5-10;/h6,10H,4-5,7-8H2,1-3H3,(H2,15,16,17);1H. The first kappa shape index (κ1) is 17.8. The van der Waals surface area contributed by atoms with E-state index in [0.29, 0.717) is 23.6 Å². The Morgan fingerprint density at radius 3 is 2.76 bits per heavy atom. The van der Waals surface area contributed by atoms with Gasteiger partial charge in [0.05, 0.1) is 13.7 Å². The number of carbonyl (C=O) groups excluding carboxylic acids is 1. The molecule has 1 aliphatic rings. The van der Waals surface area contributed by atoms with Gasteiger partial charge in [-0.25, -0.2) is 4.79 Å². The van der Waals surface area contributed by atoms with Gasteiger partial charge in [0.25, 0.3) is 0 Å². The van der Waals surface area contributed by atoms with Crippen LogP contribution >= 0.6 is 24.0 Å². The lowest BCUT2D eigenvalue weighted by Gasteiger charge is -2.09. The summed E-state index contributed by atoms with van der Waals surface area (Å²) in [7, 11) is 3.09. The highest BCUT2D eigenvalue weighted by molar-refractivity contribution is 14.0. The van der Waals surface area contributed by atoms with Gasteiger partial charge in [-0.05, 0) is 31.7 Å². The number of nitrogens with zero attached hydrogens (tertiary/aromatic N) is 1. The first-order chi connectivity index (χ1) is 9.63. The maximum atomic E-state index is 11.5. The zero-order valence-electron chi connectivity index (χ0n) is 12.6. The van der Waals surface area contributed by atoms with Crippen LogP contribution in [-0.2, 0) is 11.3 Å². The lowest BCUT2D eigenvalue weighted by atomic mass is 10.2. The van der Waals surface area contributed by atoms with Crippen molar-refractivity contribution in [2.45, 2.75) is 26.3 Å². The molecular formula is C14H22IN3O3. The van der Waals surface area contributed by atoms with Gasteiger partial charge in [-0.1, -0.05) is 0 Å². The fourth-order valence-electron chi connectivity index (χ4n) is 1.90. The molecule has 21 heavy (non-hydrogen) atoms. The van der Waals surface area contributed by atoms with Crippen molar-refractivity contribution in [3.63, 3.8) is 0 Å². The smallest absolute Gasteiger partial charge is 0.341 e. The zero-order chi connectivity index (χ0) is 14.5. The third-order valence-electron chi connectivity index (χ3n) is 3.28. The molecule has 0 aromatic carbocycles. The van der Waals surface area contributed by atoms with E-state index in [1.807, 2.05) is 0 Å². The number of nitrogens with one attached hydrogen (secondary N) is 2. The Bertz CT molecular complexity index is 510. The van der Waals surface area contributed by atoms with Crippen molar-refractivity contribution in [1.29, 1.82) is 0 Å². The molecule has 6 nitrogen and oxygen atoms in total. The third-order valence-corrected chi connectivity index (χ3v) is 3.28. The van der Waals surface area contributed by atoms with E-state index in [1.165, 1.54) is 20.0 Å². The summed E-state index contributed by atoms with van der Waals surface area (Å²) < 4.78 is 10.2. The average molecular weight is 407 g/mol. The highest BCUT2D eigenvalue weighted by atomic mass is 127. The molecule has 0 unspecified atom stereocenters. The van der Waals surface area contributed by atoms with E-state index >= 15 is 0 Å². The predicted molar refractivity (Wildman–Crippen MR) is 91.1 cm³/mol. The fraction of sp³-hybridized carbons (Fsp3) is 0.571. The first-order valence-electron chi connectivity index (χ1n) is 6.76. The van der Waals surface area contributed by atoms with Crippen molar-refractivity contribution >= 4 is 35.9 Å². The number of hydrogen-bond donors (Lipinski definition) is 2. The van der Waals surface area contributed by atoms with Crippen LogP contribution in [0.25, 0.3) is 0 Å². The topological polar surface area (TPSA) is 75.9 Å². The second-order valence-electron chi connectivity index (χ2n) is 4.92. The Labute approximate surface area is 141 Å². The van der Waals surface area contributed by atoms with Gasteiger partial charge < -0.3 is 19.8 Å². The summed E-state index contributed by atoms with van der Waals surface area (Å²) in [6.45, 7) is 3.17. The molecule has 0 atom stereocenters. The van der Waals surface area contributed by atoms with E-state index in [-0.39, 0.29) is 29.9 Å². The Kier molecular flexibility index (Phi) is 7.00. The normalized spacial score (nSPS) is 14.3. The van der Waals surface area contributed by atoms with E-state index in [9.17, 15) is 4.79 Å². The summed E-state index contributed by atoms with van der Waals surface area (Å²) in [6, 6.07) is 1.70. The van der Waals surface area contributed by atoms with E-state index in [1.54, 1.807) is 20.0 Å². The van der Waals surface area contributed by atoms with E-state index in [4.69, 9.17) is 9.15 Å². The van der Waals surface area contributed by atoms with Crippen LogP contribution in [0.2, 0.25) is 0 Å². The van der Waals surface area contributed by atoms with Gasteiger partial charge in [0.15, 0.2) is 5.96 Å². The van der Waals surface area contributed by atoms with Crippen LogP contribution in [0.15, 0.2) is 15.5 Å². The molecule has 7 heteroatoms. The summed E-state index contributed by atoms with van der Waals surface area (Å²) in [4.78, 5) is 15.6. The van der Waals surface area contributed by atoms with Crippen molar-refractivity contribution in [1.82, 2.24) is 10.6 Å². The van der Waals surface area contributed by atoms with Crippen molar-refractivity contribution in [2.24, 2.45) is 10.9 Å². The van der Waals surface area contributed by atoms with Crippen LogP contribution in [0.3, 0.4) is 0 Å². The monoisotopic (exact) mass is 407 g/mol. The molecule has 1 aromatic rings. The number of aliphatic imine (C=N–C) groups is 1. The number of carbonyl (C=O) groups is 1. The van der Waals surface area contributed by atoms with Crippen molar-refractivity contribution in [3.8, 4) is 0 Å². The van der Waals surface area contributed by atoms with Crippen LogP contribution in [0.1, 0.15) is 34.7 Å². The minimum atomic E-state index is -0.381. The summed E-state index contributed by atoms with van der Waals surface area (Å²) in [6.07, 6.45) is 2.59. The van der Waals surface area contributed by atoms with Crippen LogP contribution in [0, 0.1) is 12.8 Å². The van der Waals surface area contributed by atoms with Crippen molar-refractivity contribution in [2.75, 3.05) is 20.7 Å². The number of halogens is 1. The fourth-order valence-corrected chi connectivity index (χ4v) is 1.90. The molecule has 0 spiro atoms. The lowest BCUT2D eigenvalue weighted by molar-refractivity contribution is 0.0599. The lowest BCUT2D eigenvalue weighted by Crippen LogP contribution is -2.37. The van der Waals surface area contributed by atoms with Crippen LogP contribution in [-0.4, -0.2) is 32.6 Å². The highest BCUT2D eigenvalue weighted by Crippen LogP contribution is 2.27. The summed E-state index contributed by atoms with van der Waals surface area (Å²) in [5.41, 5.74) is 0.463. The van der Waals surface area contributed by atoms with Gasteiger partial charge in [-0.3, -0.25) is 4.99 Å². The molecule has 2 N–H and O–H groups in total. The first-order valence-corrected chi connectivity index (χ1v) is 6.76. The maximum Gasteiger partial charge on any atom is 0.341 e. The van der Waals surface area contributed by atoms with Crippen LogP contribution in [0.4, 0.5) is 0 Å². The van der Waals surface area contributed by atoms with Crippen molar-refractivity contribution in [3.05, 3.63) is 23.2 Å². The Morgan fingerprint density at radius 2 is 2.19 bits per heavy atom. The van der Waals surface area contributed by atoms with Crippen LogP contribution in [0.5, 0.6) is 0 Å². The predicted octanol–water partition coefficient (Wildman–Crippen LogP) is 2.07. The minimum absolute atomic E-state index is 0. The minimum Gasteiger partial charge on any atom is -0.465 e. The van der Waals surface area contributed by atoms with Gasteiger partial charge in [-0.15, -0.1) is 24.0 Å². The number of aryl methyl sites for hydroxylation is 1. The zero-order valence-corrected chi connectivity index (χ0v) is 14.9. The maximum absolute atomic E-state index is 11.5. The molecule has 1 aromatic heterocycles. The van der Waals surface area contributed by atoms with E-state index in [2.05, 4.69) is 15.6 Å². The molecular weight excluding hydrogens is 385 g/mol. The molecule has 2 rings (SSSR count). The number of furan rings is 1. The Balaban J connectivity index is 0.00000220. The van der Waals surface area contributed by atoms with Gasteiger partial charge >= 0.3 is 5.97 Å². The van der Waals surface area contributed by atoms with E-state index < -0.39 is 0 Å². The number of esters is 1. The van der Waals surface area contributed by atoms with Gasteiger partial charge in [0, 0.05) is 13.6 Å². The van der Waals surface area contributed by atoms with Gasteiger partial charge in [0.2, 0.25) is 0 Å². The average Bonchev–Trinajstić information content (AvgIpc) is 3.20. The van der Waals surface area contributed by atoms with Crippen molar-refractivity contribution < 1.29 is 13.9 Å². The SMILES string of the molecule is CN=C(NCc1cc(C(=O)OC)c(C)o1)NCC1CC1.I.